The molecule has 46 heavy (non-hydrogen) atoms. The van der Waals surface area contributed by atoms with E-state index in [9.17, 15) is 9.59 Å². The molecule has 0 aliphatic heterocycles. The highest BCUT2D eigenvalue weighted by Gasteiger charge is 2.24. The molecule has 6 heteroatoms. The van der Waals surface area contributed by atoms with E-state index in [0.717, 1.165) is 59.4 Å². The van der Waals surface area contributed by atoms with Crippen LogP contribution in [0.3, 0.4) is 0 Å². The Kier molecular flexibility index (Phi) is 18.2. The summed E-state index contributed by atoms with van der Waals surface area (Å²) in [7, 11) is 1.82. The molecule has 0 aromatic heterocycles. The Labute approximate surface area is 288 Å². The van der Waals surface area contributed by atoms with Crippen molar-refractivity contribution in [1.29, 1.82) is 0 Å². The van der Waals surface area contributed by atoms with Crippen molar-refractivity contribution in [1.82, 2.24) is 4.90 Å². The molecule has 4 nitrogen and oxygen atoms in total. The van der Waals surface area contributed by atoms with Crippen LogP contribution in [0.25, 0.3) is 11.1 Å². The number of hydrogen-bond donors (Lipinski definition) is 1. The van der Waals surface area contributed by atoms with Crippen LogP contribution in [0.15, 0.2) is 66.7 Å². The average Bonchev–Trinajstić information content (AvgIpc) is 3.54. The molecule has 1 aliphatic carbocycles. The van der Waals surface area contributed by atoms with Crippen LogP contribution >= 0.6 is 23.2 Å². The van der Waals surface area contributed by atoms with E-state index in [1.807, 2.05) is 50.4 Å². The molecule has 0 spiro atoms. The Bertz CT molecular complexity index is 1380. The average molecular weight is 664 g/mol. The lowest BCUT2D eigenvalue weighted by Gasteiger charge is -2.27. The predicted octanol–water partition coefficient (Wildman–Crippen LogP) is 10.9. The third-order valence-electron chi connectivity index (χ3n) is 8.42. The summed E-state index contributed by atoms with van der Waals surface area (Å²) in [6.07, 6.45) is 9.50. The summed E-state index contributed by atoms with van der Waals surface area (Å²) in [6, 6.07) is 21.7. The fourth-order valence-corrected chi connectivity index (χ4v) is 5.97. The van der Waals surface area contributed by atoms with Crippen molar-refractivity contribution in [2.45, 2.75) is 86.1 Å². The topological polar surface area (TPSA) is 49.4 Å². The van der Waals surface area contributed by atoms with E-state index in [0.29, 0.717) is 22.5 Å². The second-order valence-electron chi connectivity index (χ2n) is 12.2. The highest BCUT2D eigenvalue weighted by molar-refractivity contribution is 6.35. The van der Waals surface area contributed by atoms with E-state index >= 15 is 0 Å². The SMILES string of the molecule is CC#Cc1cccc(-c2ccc(CN(CC=O)C(=O)C(CC)CC(C)CC)cc2)c1.CC1CCCC1.CNc1cc(Cl)cc(Cl)c1. The van der Waals surface area contributed by atoms with Gasteiger partial charge >= 0.3 is 0 Å². The predicted molar refractivity (Wildman–Crippen MR) is 197 cm³/mol. The molecule has 1 saturated carbocycles. The van der Waals surface area contributed by atoms with Gasteiger partial charge in [-0.3, -0.25) is 4.79 Å². The quantitative estimate of drug-likeness (QED) is 0.164. The standard InChI is InChI=1S/C27H33NO2.C7H7Cl2N.C6H12/c1-5-9-22-10-8-11-26(19-22)25-14-12-23(13-15-25)20-28(16-17-29)27(30)24(7-3)18-21(4)6-2;1-10-7-3-5(8)2-6(9)4-7;1-6-4-2-3-5-6/h8,10-15,17,19,21,24H,6-7,16,18,20H2,1-4H3;2-4,10H,1H3;6H,2-5H2,1H3. The summed E-state index contributed by atoms with van der Waals surface area (Å²) in [4.78, 5) is 26.0. The Morgan fingerprint density at radius 2 is 1.63 bits per heavy atom. The van der Waals surface area contributed by atoms with E-state index in [2.05, 4.69) is 69.1 Å². The van der Waals surface area contributed by atoms with Crippen molar-refractivity contribution in [2.24, 2.45) is 17.8 Å². The second-order valence-corrected chi connectivity index (χ2v) is 13.1. The van der Waals surface area contributed by atoms with Crippen LogP contribution in [0, 0.1) is 29.6 Å². The van der Waals surface area contributed by atoms with Gasteiger partial charge in [0.15, 0.2) is 0 Å². The number of hydrogen-bond acceptors (Lipinski definition) is 3. The molecule has 248 valence electrons. The first-order valence-corrected chi connectivity index (χ1v) is 17.4. The Hall–Kier alpha value is -3.26. The van der Waals surface area contributed by atoms with Gasteiger partial charge in [0.25, 0.3) is 0 Å². The van der Waals surface area contributed by atoms with E-state index in [1.165, 1.54) is 25.7 Å². The van der Waals surface area contributed by atoms with Gasteiger partial charge in [-0.15, -0.1) is 5.92 Å². The summed E-state index contributed by atoms with van der Waals surface area (Å²) in [5, 5.41) is 4.24. The van der Waals surface area contributed by atoms with Crippen molar-refractivity contribution in [3.8, 4) is 23.0 Å². The number of carbonyl (C=O) groups is 2. The number of nitrogens with zero attached hydrogens (tertiary/aromatic N) is 1. The minimum absolute atomic E-state index is 0.0263. The zero-order valence-corrected chi connectivity index (χ0v) is 30.1. The third kappa shape index (κ3) is 14.0. The number of nitrogens with one attached hydrogen (secondary N) is 1. The van der Waals surface area contributed by atoms with Crippen molar-refractivity contribution < 1.29 is 9.59 Å². The molecule has 1 fully saturated rings. The molecular formula is C40H52Cl2N2O2. The lowest BCUT2D eigenvalue weighted by molar-refractivity contribution is -0.138. The van der Waals surface area contributed by atoms with Gasteiger partial charge < -0.3 is 15.0 Å². The van der Waals surface area contributed by atoms with Crippen LogP contribution in [0.5, 0.6) is 0 Å². The summed E-state index contributed by atoms with van der Waals surface area (Å²) in [5.74, 6) is 7.62. The number of anilines is 1. The van der Waals surface area contributed by atoms with Crippen LogP contribution in [-0.4, -0.2) is 30.7 Å². The molecule has 3 aromatic carbocycles. The van der Waals surface area contributed by atoms with Crippen LogP contribution in [0.2, 0.25) is 10.0 Å². The highest BCUT2D eigenvalue weighted by atomic mass is 35.5. The lowest BCUT2D eigenvalue weighted by Crippen LogP contribution is -2.37. The van der Waals surface area contributed by atoms with Gasteiger partial charge in [-0.05, 0) is 78.6 Å². The molecule has 0 bridgehead atoms. The van der Waals surface area contributed by atoms with Crippen LogP contribution in [-0.2, 0) is 16.1 Å². The van der Waals surface area contributed by atoms with Gasteiger partial charge in [0.2, 0.25) is 5.91 Å². The number of benzene rings is 3. The van der Waals surface area contributed by atoms with Gasteiger partial charge in [0.1, 0.15) is 6.29 Å². The van der Waals surface area contributed by atoms with Crippen LogP contribution in [0.1, 0.15) is 90.7 Å². The Balaban J connectivity index is 0.000000371. The molecule has 0 heterocycles. The van der Waals surface area contributed by atoms with Gasteiger partial charge in [-0.2, -0.15) is 0 Å². The second kappa shape index (κ2) is 21.5. The van der Waals surface area contributed by atoms with E-state index in [4.69, 9.17) is 23.2 Å². The summed E-state index contributed by atoms with van der Waals surface area (Å²) < 4.78 is 0. The highest BCUT2D eigenvalue weighted by Crippen LogP contribution is 2.25. The number of amides is 1. The first-order chi connectivity index (χ1) is 22.1. The maximum Gasteiger partial charge on any atom is 0.226 e. The minimum atomic E-state index is -0.0263. The number of aldehydes is 1. The van der Waals surface area contributed by atoms with Gasteiger partial charge in [0.05, 0.1) is 6.54 Å². The Morgan fingerprint density at radius 3 is 2.13 bits per heavy atom. The fraction of sp³-hybridized carbons (Fsp3) is 0.450. The van der Waals surface area contributed by atoms with Crippen molar-refractivity contribution in [2.75, 3.05) is 18.9 Å². The zero-order valence-electron chi connectivity index (χ0n) is 28.5. The normalized spacial score (nSPS) is 13.5. The van der Waals surface area contributed by atoms with Gasteiger partial charge in [-0.1, -0.05) is 125 Å². The number of rotatable bonds is 11. The molecule has 0 radical (unpaired) electrons. The van der Waals surface area contributed by atoms with Crippen LogP contribution < -0.4 is 5.32 Å². The fourth-order valence-electron chi connectivity index (χ4n) is 5.45. The smallest absolute Gasteiger partial charge is 0.226 e. The van der Waals surface area contributed by atoms with Crippen molar-refractivity contribution in [3.05, 3.63) is 87.9 Å². The molecule has 1 aliphatic rings. The van der Waals surface area contributed by atoms with Crippen LogP contribution in [0.4, 0.5) is 5.69 Å². The van der Waals surface area contributed by atoms with Crippen molar-refractivity contribution in [3.63, 3.8) is 0 Å². The lowest BCUT2D eigenvalue weighted by atomic mass is 9.91. The molecule has 2 unspecified atom stereocenters. The molecule has 1 amide bonds. The van der Waals surface area contributed by atoms with Gasteiger partial charge in [-0.25, -0.2) is 0 Å². The van der Waals surface area contributed by atoms with Gasteiger partial charge in [0, 0.05) is 40.8 Å². The molecule has 0 saturated heterocycles. The molecule has 1 N–H and O–H groups in total. The summed E-state index contributed by atoms with van der Waals surface area (Å²) >= 11 is 11.4. The third-order valence-corrected chi connectivity index (χ3v) is 8.86. The molecule has 2 atom stereocenters. The summed E-state index contributed by atoms with van der Waals surface area (Å²) in [6.45, 7) is 11.1. The monoisotopic (exact) mass is 662 g/mol. The maximum atomic E-state index is 13.1. The summed E-state index contributed by atoms with van der Waals surface area (Å²) in [5.41, 5.74) is 5.17. The number of carbonyl (C=O) groups excluding carboxylic acids is 2. The Morgan fingerprint density at radius 1 is 0.978 bits per heavy atom. The molecular weight excluding hydrogens is 611 g/mol. The first-order valence-electron chi connectivity index (χ1n) is 16.6. The van der Waals surface area contributed by atoms with E-state index in [1.54, 1.807) is 11.0 Å². The molecule has 3 aromatic rings. The first kappa shape index (κ1) is 38.9. The van der Waals surface area contributed by atoms with E-state index in [-0.39, 0.29) is 18.4 Å². The minimum Gasteiger partial charge on any atom is -0.388 e. The van der Waals surface area contributed by atoms with Crippen molar-refractivity contribution >= 4 is 41.1 Å². The largest absolute Gasteiger partial charge is 0.388 e. The maximum absolute atomic E-state index is 13.1. The molecule has 4 rings (SSSR count). The zero-order chi connectivity index (χ0) is 33.9. The van der Waals surface area contributed by atoms with E-state index < -0.39 is 0 Å². The number of halogens is 2.